The van der Waals surface area contributed by atoms with E-state index in [4.69, 9.17) is 17.0 Å². The van der Waals surface area contributed by atoms with Crippen molar-refractivity contribution in [1.82, 2.24) is 5.01 Å². The zero-order chi connectivity index (χ0) is 21.7. The van der Waals surface area contributed by atoms with Crippen molar-refractivity contribution in [2.24, 2.45) is 5.10 Å². The molecular weight excluding hydrogens is 418 g/mol. The maximum Gasteiger partial charge on any atom is 0.286 e. The number of rotatable bonds is 7. The Morgan fingerprint density at radius 1 is 1.17 bits per heavy atom. The lowest BCUT2D eigenvalue weighted by Gasteiger charge is -2.20. The molecule has 0 aromatic heterocycles. The molecule has 1 saturated heterocycles. The van der Waals surface area contributed by atoms with Crippen molar-refractivity contribution in [3.8, 4) is 11.5 Å². The maximum absolute atomic E-state index is 12.7. The highest BCUT2D eigenvalue weighted by molar-refractivity contribution is 8.26. The van der Waals surface area contributed by atoms with Gasteiger partial charge in [-0.2, -0.15) is 10.1 Å². The van der Waals surface area contributed by atoms with E-state index in [1.165, 1.54) is 29.9 Å². The Morgan fingerprint density at radius 2 is 1.83 bits per heavy atom. The number of anilines is 1. The lowest BCUT2D eigenvalue weighted by atomic mass is 10.2. The Kier molecular flexibility index (Phi) is 7.12. The largest absolute Gasteiger partial charge is 0.504 e. The smallest absolute Gasteiger partial charge is 0.286 e. The first kappa shape index (κ1) is 21.9. The monoisotopic (exact) mass is 441 g/mol. The SMILES string of the molecule is CCN(CC)c1ccc(/C=N/N2C(=O)/C(=C\c3ccc(O)c(OC)c3)SC2=S)cc1. The molecule has 0 unspecified atom stereocenters. The fourth-order valence-electron chi connectivity index (χ4n) is 2.98. The molecule has 8 heteroatoms. The molecule has 0 spiro atoms. The predicted octanol–water partition coefficient (Wildman–Crippen LogP) is 4.48. The van der Waals surface area contributed by atoms with E-state index in [0.29, 0.717) is 15.0 Å². The van der Waals surface area contributed by atoms with Gasteiger partial charge in [0, 0.05) is 18.8 Å². The van der Waals surface area contributed by atoms with E-state index in [-0.39, 0.29) is 11.7 Å². The summed E-state index contributed by atoms with van der Waals surface area (Å²) < 4.78 is 5.48. The summed E-state index contributed by atoms with van der Waals surface area (Å²) >= 11 is 6.51. The first-order chi connectivity index (χ1) is 14.5. The summed E-state index contributed by atoms with van der Waals surface area (Å²) in [6, 6.07) is 12.9. The van der Waals surface area contributed by atoms with Crippen LogP contribution in [0.25, 0.3) is 6.08 Å². The minimum absolute atomic E-state index is 0.0406. The Balaban J connectivity index is 1.75. The minimum atomic E-state index is -0.284. The lowest BCUT2D eigenvalue weighted by Crippen LogP contribution is -2.22. The summed E-state index contributed by atoms with van der Waals surface area (Å²) in [5.41, 5.74) is 2.75. The highest BCUT2D eigenvalue weighted by Gasteiger charge is 2.32. The molecular formula is C22H23N3O3S2. The summed E-state index contributed by atoms with van der Waals surface area (Å²) in [6.07, 6.45) is 3.33. The van der Waals surface area contributed by atoms with E-state index in [1.807, 2.05) is 24.3 Å². The number of phenols is 1. The number of methoxy groups -OCH3 is 1. The zero-order valence-corrected chi connectivity index (χ0v) is 18.7. The summed E-state index contributed by atoms with van der Waals surface area (Å²) in [6.45, 7) is 6.13. The third kappa shape index (κ3) is 4.83. The fourth-order valence-corrected chi connectivity index (χ4v) is 4.15. The van der Waals surface area contributed by atoms with Gasteiger partial charge < -0.3 is 14.7 Å². The van der Waals surface area contributed by atoms with Gasteiger partial charge in [0.05, 0.1) is 18.2 Å². The van der Waals surface area contributed by atoms with Crippen molar-refractivity contribution in [2.45, 2.75) is 13.8 Å². The molecule has 0 saturated carbocycles. The number of thioether (sulfide) groups is 1. The molecule has 2 aromatic rings. The molecule has 1 heterocycles. The second-order valence-electron chi connectivity index (χ2n) is 6.43. The van der Waals surface area contributed by atoms with E-state index in [0.717, 1.165) is 29.9 Å². The van der Waals surface area contributed by atoms with Crippen LogP contribution in [-0.2, 0) is 4.79 Å². The van der Waals surface area contributed by atoms with E-state index in [1.54, 1.807) is 24.4 Å². The Bertz CT molecular complexity index is 999. The second kappa shape index (κ2) is 9.77. The molecule has 1 fully saturated rings. The molecule has 156 valence electrons. The molecule has 30 heavy (non-hydrogen) atoms. The Labute approximate surface area is 185 Å². The number of carbonyl (C=O) groups excluding carboxylic acids is 1. The first-order valence-corrected chi connectivity index (χ1v) is 10.7. The van der Waals surface area contributed by atoms with Crippen LogP contribution >= 0.6 is 24.0 Å². The topological polar surface area (TPSA) is 65.4 Å². The van der Waals surface area contributed by atoms with Crippen molar-refractivity contribution in [2.75, 3.05) is 25.1 Å². The summed E-state index contributed by atoms with van der Waals surface area (Å²) in [7, 11) is 1.47. The van der Waals surface area contributed by atoms with Gasteiger partial charge in [-0.05, 0) is 67.5 Å². The average Bonchev–Trinajstić information content (AvgIpc) is 3.02. The highest BCUT2D eigenvalue weighted by atomic mass is 32.2. The van der Waals surface area contributed by atoms with Crippen LogP contribution in [0.5, 0.6) is 11.5 Å². The van der Waals surface area contributed by atoms with Gasteiger partial charge in [-0.3, -0.25) is 4.79 Å². The van der Waals surface area contributed by atoms with E-state index < -0.39 is 0 Å². The molecule has 1 amide bonds. The molecule has 0 bridgehead atoms. The van der Waals surface area contributed by atoms with Crippen LogP contribution in [0, 0.1) is 0 Å². The zero-order valence-electron chi connectivity index (χ0n) is 17.0. The van der Waals surface area contributed by atoms with Crippen LogP contribution in [0.4, 0.5) is 5.69 Å². The van der Waals surface area contributed by atoms with Crippen LogP contribution in [0.1, 0.15) is 25.0 Å². The van der Waals surface area contributed by atoms with Gasteiger partial charge in [0.1, 0.15) is 0 Å². The third-order valence-corrected chi connectivity index (χ3v) is 5.90. The standard InChI is InChI=1S/C22H23N3O3S2/c1-4-24(5-2)17-9-6-15(7-10-17)14-23-25-21(27)20(30-22(25)29)13-16-8-11-18(26)19(12-16)28-3/h6-14,26H,4-5H2,1-3H3/b20-13+,23-14+. The van der Waals surface area contributed by atoms with Gasteiger partial charge in [0.15, 0.2) is 15.8 Å². The fraction of sp³-hybridized carbons (Fsp3) is 0.227. The first-order valence-electron chi connectivity index (χ1n) is 9.50. The van der Waals surface area contributed by atoms with Crippen LogP contribution in [0.2, 0.25) is 0 Å². The molecule has 0 radical (unpaired) electrons. The number of benzene rings is 2. The Hall–Kier alpha value is -2.84. The quantitative estimate of drug-likeness (QED) is 0.388. The van der Waals surface area contributed by atoms with Gasteiger partial charge in [-0.1, -0.05) is 30.0 Å². The predicted molar refractivity (Wildman–Crippen MR) is 127 cm³/mol. The maximum atomic E-state index is 12.7. The summed E-state index contributed by atoms with van der Waals surface area (Å²) in [5, 5.41) is 15.2. The molecule has 6 nitrogen and oxygen atoms in total. The second-order valence-corrected chi connectivity index (χ2v) is 8.11. The molecule has 3 rings (SSSR count). The Morgan fingerprint density at radius 3 is 2.47 bits per heavy atom. The van der Waals surface area contributed by atoms with Gasteiger partial charge in [-0.25, -0.2) is 0 Å². The minimum Gasteiger partial charge on any atom is -0.504 e. The number of aromatic hydroxyl groups is 1. The molecule has 2 aromatic carbocycles. The van der Waals surface area contributed by atoms with Gasteiger partial charge in [0.2, 0.25) is 0 Å². The number of thiocarbonyl (C=S) groups is 1. The molecule has 1 aliphatic rings. The average molecular weight is 442 g/mol. The van der Waals surface area contributed by atoms with Crippen molar-refractivity contribution in [3.05, 3.63) is 58.5 Å². The van der Waals surface area contributed by atoms with Crippen molar-refractivity contribution >= 4 is 52.2 Å². The van der Waals surface area contributed by atoms with Gasteiger partial charge in [0.25, 0.3) is 5.91 Å². The van der Waals surface area contributed by atoms with E-state index in [2.05, 4.69) is 23.8 Å². The number of carbonyl (C=O) groups is 1. The third-order valence-electron chi connectivity index (χ3n) is 4.62. The number of nitrogens with zero attached hydrogens (tertiary/aromatic N) is 3. The van der Waals surface area contributed by atoms with Gasteiger partial charge >= 0.3 is 0 Å². The molecule has 0 aliphatic carbocycles. The number of hydrogen-bond donors (Lipinski definition) is 1. The molecule has 1 aliphatic heterocycles. The highest BCUT2D eigenvalue weighted by Crippen LogP contribution is 2.34. The van der Waals surface area contributed by atoms with Crippen molar-refractivity contribution < 1.29 is 14.6 Å². The lowest BCUT2D eigenvalue weighted by molar-refractivity contribution is -0.122. The number of hydrogen-bond acceptors (Lipinski definition) is 7. The van der Waals surface area contributed by atoms with Crippen LogP contribution < -0.4 is 9.64 Å². The van der Waals surface area contributed by atoms with Crippen LogP contribution in [-0.4, -0.2) is 46.8 Å². The van der Waals surface area contributed by atoms with Crippen LogP contribution in [0.3, 0.4) is 0 Å². The number of ether oxygens (including phenoxy) is 1. The number of hydrazone groups is 1. The summed E-state index contributed by atoms with van der Waals surface area (Å²) in [5.74, 6) is 0.0947. The number of amides is 1. The molecule has 0 atom stereocenters. The normalized spacial score (nSPS) is 15.4. The van der Waals surface area contributed by atoms with Gasteiger partial charge in [-0.15, -0.1) is 0 Å². The van der Waals surface area contributed by atoms with E-state index >= 15 is 0 Å². The molecule has 1 N–H and O–H groups in total. The van der Waals surface area contributed by atoms with E-state index in [9.17, 15) is 9.90 Å². The van der Waals surface area contributed by atoms with Crippen molar-refractivity contribution in [3.63, 3.8) is 0 Å². The van der Waals surface area contributed by atoms with Crippen molar-refractivity contribution in [1.29, 1.82) is 0 Å². The van der Waals surface area contributed by atoms with Crippen LogP contribution in [0.15, 0.2) is 52.5 Å². The number of phenolic OH excluding ortho intramolecular Hbond substituents is 1. The summed E-state index contributed by atoms with van der Waals surface area (Å²) in [4.78, 5) is 15.4.